The molecule has 0 bridgehead atoms. The number of rotatable bonds is 4. The molecule has 0 aliphatic carbocycles. The highest BCUT2D eigenvalue weighted by Gasteiger charge is 2.27. The highest BCUT2D eigenvalue weighted by Crippen LogP contribution is 2.21. The van der Waals surface area contributed by atoms with Crippen molar-refractivity contribution in [2.75, 3.05) is 33.3 Å². The minimum Gasteiger partial charge on any atom is -0.497 e. The Balaban J connectivity index is 1.37. The molecule has 8 nitrogen and oxygen atoms in total. The zero-order chi connectivity index (χ0) is 19.5. The number of ether oxygens (including phenoxy) is 1. The molecule has 8 heteroatoms. The van der Waals surface area contributed by atoms with Crippen molar-refractivity contribution in [3.63, 3.8) is 0 Å². The summed E-state index contributed by atoms with van der Waals surface area (Å²) in [5.41, 5.74) is 0.821. The molecule has 0 atom stereocenters. The van der Waals surface area contributed by atoms with Gasteiger partial charge in [-0.05, 0) is 36.4 Å². The van der Waals surface area contributed by atoms with Crippen LogP contribution in [0.3, 0.4) is 0 Å². The lowest BCUT2D eigenvalue weighted by atomic mass is 10.1. The van der Waals surface area contributed by atoms with Crippen molar-refractivity contribution in [3.05, 3.63) is 60.0 Å². The molecule has 2 amide bonds. The predicted octanol–water partition coefficient (Wildman–Crippen LogP) is 2.54. The van der Waals surface area contributed by atoms with E-state index in [4.69, 9.17) is 13.7 Å². The van der Waals surface area contributed by atoms with Crippen LogP contribution in [-0.2, 0) is 0 Å². The molecular formula is C20H19N3O5. The lowest BCUT2D eigenvalue weighted by molar-refractivity contribution is 0.0530. The van der Waals surface area contributed by atoms with Crippen LogP contribution in [-0.4, -0.2) is 60.1 Å². The number of amides is 2. The van der Waals surface area contributed by atoms with Crippen LogP contribution >= 0.6 is 0 Å². The SMILES string of the molecule is COc1ccc(C(=O)N2CCN(C(=O)c3cc(-c4ccco4)on3)CC2)cc1. The van der Waals surface area contributed by atoms with Gasteiger partial charge < -0.3 is 23.5 Å². The number of carbonyl (C=O) groups is 2. The van der Waals surface area contributed by atoms with E-state index < -0.39 is 0 Å². The molecule has 3 heterocycles. The third kappa shape index (κ3) is 3.48. The first-order chi connectivity index (χ1) is 13.7. The number of hydrogen-bond acceptors (Lipinski definition) is 6. The molecule has 28 heavy (non-hydrogen) atoms. The molecule has 1 saturated heterocycles. The van der Waals surface area contributed by atoms with E-state index in [1.165, 1.54) is 6.26 Å². The van der Waals surface area contributed by atoms with Crippen molar-refractivity contribution >= 4 is 11.8 Å². The van der Waals surface area contributed by atoms with Crippen molar-refractivity contribution < 1.29 is 23.3 Å². The number of furan rings is 1. The lowest BCUT2D eigenvalue weighted by Gasteiger charge is -2.34. The second-order valence-corrected chi connectivity index (χ2v) is 6.37. The standard InChI is InChI=1S/C20H19N3O5/c1-26-15-6-4-14(5-7-15)19(24)22-8-10-23(11-9-22)20(25)16-13-18(28-21-16)17-3-2-12-27-17/h2-7,12-13H,8-11H2,1H3. The van der Waals surface area contributed by atoms with Crippen molar-refractivity contribution in [3.8, 4) is 17.3 Å². The molecule has 0 N–H and O–H groups in total. The Morgan fingerprint density at radius 1 is 0.964 bits per heavy atom. The normalized spacial score (nSPS) is 14.2. The van der Waals surface area contributed by atoms with Crippen LogP contribution in [0.25, 0.3) is 11.5 Å². The average molecular weight is 381 g/mol. The second kappa shape index (κ2) is 7.59. The first kappa shape index (κ1) is 17.8. The van der Waals surface area contributed by atoms with Crippen LogP contribution in [0.4, 0.5) is 0 Å². The zero-order valence-electron chi connectivity index (χ0n) is 15.3. The van der Waals surface area contributed by atoms with Gasteiger partial charge in [0.05, 0.1) is 13.4 Å². The molecule has 0 radical (unpaired) electrons. The van der Waals surface area contributed by atoms with Gasteiger partial charge in [-0.15, -0.1) is 0 Å². The van der Waals surface area contributed by atoms with Gasteiger partial charge in [-0.2, -0.15) is 0 Å². The predicted molar refractivity (Wildman–Crippen MR) is 99.0 cm³/mol. The van der Waals surface area contributed by atoms with Crippen LogP contribution in [0.15, 0.2) is 57.7 Å². The monoisotopic (exact) mass is 381 g/mol. The molecule has 0 spiro atoms. The van der Waals surface area contributed by atoms with Gasteiger partial charge in [-0.25, -0.2) is 0 Å². The van der Waals surface area contributed by atoms with Gasteiger partial charge in [0.15, 0.2) is 11.5 Å². The third-order valence-corrected chi connectivity index (χ3v) is 4.68. The summed E-state index contributed by atoms with van der Waals surface area (Å²) >= 11 is 0. The number of hydrogen-bond donors (Lipinski definition) is 0. The zero-order valence-corrected chi connectivity index (χ0v) is 15.3. The van der Waals surface area contributed by atoms with Crippen molar-refractivity contribution in [2.24, 2.45) is 0 Å². The molecule has 1 aromatic carbocycles. The minimum atomic E-state index is -0.224. The lowest BCUT2D eigenvalue weighted by Crippen LogP contribution is -2.50. The Kier molecular flexibility index (Phi) is 4.84. The summed E-state index contributed by atoms with van der Waals surface area (Å²) in [5, 5.41) is 3.85. The molecule has 3 aromatic rings. The summed E-state index contributed by atoms with van der Waals surface area (Å²) in [6.45, 7) is 1.78. The van der Waals surface area contributed by atoms with E-state index in [0.29, 0.717) is 49.0 Å². The number of piperazine rings is 1. The van der Waals surface area contributed by atoms with E-state index in [-0.39, 0.29) is 17.5 Å². The van der Waals surface area contributed by atoms with Crippen molar-refractivity contribution in [1.82, 2.24) is 15.0 Å². The maximum absolute atomic E-state index is 12.7. The molecule has 4 rings (SSSR count). The fraction of sp³-hybridized carbons (Fsp3) is 0.250. The highest BCUT2D eigenvalue weighted by atomic mass is 16.5. The number of aromatic nitrogens is 1. The molecule has 1 fully saturated rings. The van der Waals surface area contributed by atoms with Gasteiger partial charge in [0.2, 0.25) is 5.76 Å². The van der Waals surface area contributed by atoms with Crippen LogP contribution in [0.1, 0.15) is 20.8 Å². The second-order valence-electron chi connectivity index (χ2n) is 6.37. The smallest absolute Gasteiger partial charge is 0.276 e. The fourth-order valence-electron chi connectivity index (χ4n) is 3.10. The Morgan fingerprint density at radius 2 is 1.64 bits per heavy atom. The van der Waals surface area contributed by atoms with E-state index in [0.717, 1.165) is 0 Å². The largest absolute Gasteiger partial charge is 0.497 e. The molecule has 1 aliphatic heterocycles. The summed E-state index contributed by atoms with van der Waals surface area (Å²) in [4.78, 5) is 28.7. The van der Waals surface area contributed by atoms with Crippen molar-refractivity contribution in [1.29, 1.82) is 0 Å². The summed E-state index contributed by atoms with van der Waals surface area (Å²) in [7, 11) is 1.58. The molecular weight excluding hydrogens is 362 g/mol. The van der Waals surface area contributed by atoms with Crippen LogP contribution < -0.4 is 4.74 Å². The maximum atomic E-state index is 12.7. The Hall–Kier alpha value is -3.55. The van der Waals surface area contributed by atoms with Gasteiger partial charge in [-0.3, -0.25) is 9.59 Å². The molecule has 144 valence electrons. The molecule has 0 unspecified atom stereocenters. The van der Waals surface area contributed by atoms with Crippen LogP contribution in [0.5, 0.6) is 5.75 Å². The fourth-order valence-corrected chi connectivity index (χ4v) is 3.10. The first-order valence-corrected chi connectivity index (χ1v) is 8.89. The minimum absolute atomic E-state index is 0.0590. The topological polar surface area (TPSA) is 89.0 Å². The van der Waals surface area contributed by atoms with Gasteiger partial charge in [0, 0.05) is 37.8 Å². The Bertz CT molecular complexity index is 954. The van der Waals surface area contributed by atoms with Gasteiger partial charge in [-0.1, -0.05) is 5.16 Å². The quantitative estimate of drug-likeness (QED) is 0.690. The van der Waals surface area contributed by atoms with Crippen molar-refractivity contribution in [2.45, 2.75) is 0 Å². The van der Waals surface area contributed by atoms with E-state index >= 15 is 0 Å². The number of carbonyl (C=O) groups excluding carboxylic acids is 2. The van der Waals surface area contributed by atoms with E-state index in [9.17, 15) is 9.59 Å². The summed E-state index contributed by atoms with van der Waals surface area (Å²) < 4.78 is 15.5. The van der Waals surface area contributed by atoms with Gasteiger partial charge in [0.25, 0.3) is 11.8 Å². The number of methoxy groups -OCH3 is 1. The maximum Gasteiger partial charge on any atom is 0.276 e. The average Bonchev–Trinajstić information content (AvgIpc) is 3.45. The summed E-state index contributed by atoms with van der Waals surface area (Å²) in [5.74, 6) is 1.34. The third-order valence-electron chi connectivity index (χ3n) is 4.68. The summed E-state index contributed by atoms with van der Waals surface area (Å²) in [6.07, 6.45) is 1.53. The molecule has 0 saturated carbocycles. The number of nitrogens with zero attached hydrogens (tertiary/aromatic N) is 3. The molecule has 1 aliphatic rings. The molecule has 2 aromatic heterocycles. The van der Waals surface area contributed by atoms with E-state index in [2.05, 4.69) is 5.16 Å². The Morgan fingerprint density at radius 3 is 2.25 bits per heavy atom. The summed E-state index contributed by atoms with van der Waals surface area (Å²) in [6, 6.07) is 12.0. The highest BCUT2D eigenvalue weighted by molar-refractivity contribution is 5.95. The van der Waals surface area contributed by atoms with Crippen LogP contribution in [0.2, 0.25) is 0 Å². The van der Waals surface area contributed by atoms with Gasteiger partial charge in [0.1, 0.15) is 5.75 Å². The number of benzene rings is 1. The first-order valence-electron chi connectivity index (χ1n) is 8.89. The Labute approximate surface area is 161 Å². The van der Waals surface area contributed by atoms with Gasteiger partial charge >= 0.3 is 0 Å². The van der Waals surface area contributed by atoms with E-state index in [1.807, 2.05) is 0 Å². The van der Waals surface area contributed by atoms with Crippen LogP contribution in [0, 0.1) is 0 Å². The van der Waals surface area contributed by atoms with E-state index in [1.54, 1.807) is 59.4 Å².